The normalized spacial score (nSPS) is 11.1. The van der Waals surface area contributed by atoms with Crippen LogP contribution >= 0.6 is 0 Å². The smallest absolute Gasteiger partial charge is 0.254 e. The van der Waals surface area contributed by atoms with E-state index in [1.807, 2.05) is 54.3 Å². The van der Waals surface area contributed by atoms with Gasteiger partial charge in [0, 0.05) is 36.5 Å². The second-order valence-corrected chi connectivity index (χ2v) is 5.60. The fourth-order valence-corrected chi connectivity index (χ4v) is 2.60. The van der Waals surface area contributed by atoms with Crippen LogP contribution in [0.1, 0.15) is 11.3 Å². The first-order valence-corrected chi connectivity index (χ1v) is 7.70. The van der Waals surface area contributed by atoms with Crippen molar-refractivity contribution in [3.63, 3.8) is 0 Å². The second kappa shape index (κ2) is 5.77. The topological polar surface area (TPSA) is 72.9 Å². The second-order valence-electron chi connectivity index (χ2n) is 5.60. The lowest BCUT2D eigenvalue weighted by Gasteiger charge is -2.10. The molecule has 7 heteroatoms. The zero-order valence-electron chi connectivity index (χ0n) is 13.5. The van der Waals surface area contributed by atoms with Crippen LogP contribution in [0.25, 0.3) is 17.0 Å². The van der Waals surface area contributed by atoms with Gasteiger partial charge in [-0.25, -0.2) is 4.98 Å². The van der Waals surface area contributed by atoms with E-state index < -0.39 is 0 Å². The fraction of sp³-hybridized carbons (Fsp3) is 0.176. The number of fused-ring (bicyclic) bond motifs is 1. The van der Waals surface area contributed by atoms with Crippen LogP contribution in [-0.4, -0.2) is 29.4 Å². The van der Waals surface area contributed by atoms with Gasteiger partial charge in [0.05, 0.1) is 11.9 Å². The Morgan fingerprint density at radius 2 is 1.96 bits per heavy atom. The number of anilines is 1. The molecule has 0 aliphatic rings. The summed E-state index contributed by atoms with van der Waals surface area (Å²) < 4.78 is 3.57. The highest BCUT2D eigenvalue weighted by Crippen LogP contribution is 2.21. The number of benzene rings is 1. The molecule has 0 aliphatic heterocycles. The van der Waals surface area contributed by atoms with E-state index in [9.17, 15) is 0 Å². The molecule has 0 fully saturated rings. The van der Waals surface area contributed by atoms with Gasteiger partial charge in [0.2, 0.25) is 0 Å². The third-order valence-electron chi connectivity index (χ3n) is 4.12. The molecule has 1 aromatic carbocycles. The minimum atomic E-state index is 0.571. The van der Waals surface area contributed by atoms with Gasteiger partial charge in [-0.05, 0) is 6.92 Å². The van der Waals surface area contributed by atoms with E-state index in [0.29, 0.717) is 12.3 Å². The SMILES string of the molecule is Cc1c(CNc2cc(-c3ccccc3)nc3ncnn23)cnn1C. The monoisotopic (exact) mass is 319 g/mol. The lowest BCUT2D eigenvalue weighted by Crippen LogP contribution is -2.07. The number of rotatable bonds is 4. The van der Waals surface area contributed by atoms with Crippen LogP contribution in [0.2, 0.25) is 0 Å². The Balaban J connectivity index is 1.71. The zero-order chi connectivity index (χ0) is 16.5. The van der Waals surface area contributed by atoms with Crippen LogP contribution in [0.4, 0.5) is 5.82 Å². The average Bonchev–Trinajstić information content (AvgIpc) is 3.21. The molecule has 0 radical (unpaired) electrons. The highest BCUT2D eigenvalue weighted by Gasteiger charge is 2.10. The first-order valence-electron chi connectivity index (χ1n) is 7.70. The Labute approximate surface area is 139 Å². The molecule has 4 aromatic rings. The predicted octanol–water partition coefficient (Wildman–Crippen LogP) is 2.45. The largest absolute Gasteiger partial charge is 0.366 e. The van der Waals surface area contributed by atoms with E-state index in [0.717, 1.165) is 28.3 Å². The molecule has 120 valence electrons. The van der Waals surface area contributed by atoms with Gasteiger partial charge < -0.3 is 5.32 Å². The predicted molar refractivity (Wildman–Crippen MR) is 91.5 cm³/mol. The molecular formula is C17H17N7. The number of hydrogen-bond acceptors (Lipinski definition) is 5. The number of aryl methyl sites for hydroxylation is 1. The Kier molecular flexibility index (Phi) is 3.45. The lowest BCUT2D eigenvalue weighted by atomic mass is 10.1. The molecule has 0 unspecified atom stereocenters. The number of nitrogens with zero attached hydrogens (tertiary/aromatic N) is 6. The zero-order valence-corrected chi connectivity index (χ0v) is 13.5. The van der Waals surface area contributed by atoms with E-state index in [1.165, 1.54) is 6.33 Å². The molecule has 3 heterocycles. The van der Waals surface area contributed by atoms with E-state index >= 15 is 0 Å². The van der Waals surface area contributed by atoms with Crippen LogP contribution in [0.15, 0.2) is 48.9 Å². The van der Waals surface area contributed by atoms with Crippen LogP contribution in [-0.2, 0) is 13.6 Å². The summed E-state index contributed by atoms with van der Waals surface area (Å²) in [6.45, 7) is 2.71. The molecule has 0 atom stereocenters. The van der Waals surface area contributed by atoms with Gasteiger partial charge in [-0.2, -0.15) is 19.7 Å². The maximum Gasteiger partial charge on any atom is 0.254 e. The number of hydrogen-bond donors (Lipinski definition) is 1. The number of aromatic nitrogens is 6. The van der Waals surface area contributed by atoms with Crippen molar-refractivity contribution in [2.75, 3.05) is 5.32 Å². The Morgan fingerprint density at radius 1 is 1.12 bits per heavy atom. The van der Waals surface area contributed by atoms with Crippen molar-refractivity contribution in [3.8, 4) is 11.3 Å². The molecular weight excluding hydrogens is 302 g/mol. The first kappa shape index (κ1) is 14.4. The fourth-order valence-electron chi connectivity index (χ4n) is 2.60. The van der Waals surface area contributed by atoms with Gasteiger partial charge in [-0.3, -0.25) is 4.68 Å². The van der Waals surface area contributed by atoms with Crippen molar-refractivity contribution >= 4 is 11.6 Å². The molecule has 7 nitrogen and oxygen atoms in total. The minimum absolute atomic E-state index is 0.571. The van der Waals surface area contributed by atoms with Crippen molar-refractivity contribution in [2.45, 2.75) is 13.5 Å². The van der Waals surface area contributed by atoms with Gasteiger partial charge in [-0.15, -0.1) is 0 Å². The standard InChI is InChI=1S/C17H17N7/c1-12-14(10-20-23(12)2)9-18-16-8-15(13-6-4-3-5-7-13)22-17-19-11-21-24(16)17/h3-8,10-11,18H,9H2,1-2H3. The maximum absolute atomic E-state index is 4.58. The van der Waals surface area contributed by atoms with Crippen molar-refractivity contribution in [1.82, 2.24) is 29.4 Å². The van der Waals surface area contributed by atoms with Crippen molar-refractivity contribution in [3.05, 3.63) is 60.2 Å². The molecule has 0 saturated carbocycles. The first-order chi connectivity index (χ1) is 11.7. The van der Waals surface area contributed by atoms with Crippen LogP contribution in [0, 0.1) is 6.92 Å². The van der Waals surface area contributed by atoms with Crippen LogP contribution in [0.3, 0.4) is 0 Å². The molecule has 0 spiro atoms. The number of nitrogens with one attached hydrogen (secondary N) is 1. The summed E-state index contributed by atoms with van der Waals surface area (Å²) in [5.74, 6) is 1.42. The molecule has 0 aliphatic carbocycles. The molecule has 0 bridgehead atoms. The highest BCUT2D eigenvalue weighted by molar-refractivity contribution is 5.65. The lowest BCUT2D eigenvalue weighted by molar-refractivity contribution is 0.738. The summed E-state index contributed by atoms with van der Waals surface area (Å²) in [4.78, 5) is 8.80. The maximum atomic E-state index is 4.58. The average molecular weight is 319 g/mol. The summed E-state index contributed by atoms with van der Waals surface area (Å²) in [6, 6.07) is 12.0. The third kappa shape index (κ3) is 2.50. The van der Waals surface area contributed by atoms with Gasteiger partial charge >= 0.3 is 0 Å². The third-order valence-corrected chi connectivity index (χ3v) is 4.12. The van der Waals surface area contributed by atoms with Gasteiger partial charge in [-0.1, -0.05) is 30.3 Å². The Morgan fingerprint density at radius 3 is 2.71 bits per heavy atom. The highest BCUT2D eigenvalue weighted by atomic mass is 15.4. The molecule has 0 saturated heterocycles. The minimum Gasteiger partial charge on any atom is -0.366 e. The molecule has 4 rings (SSSR count). The van der Waals surface area contributed by atoms with E-state index in [-0.39, 0.29) is 0 Å². The van der Waals surface area contributed by atoms with Gasteiger partial charge in [0.1, 0.15) is 12.1 Å². The summed E-state index contributed by atoms with van der Waals surface area (Å²) >= 11 is 0. The Hall–Kier alpha value is -3.22. The van der Waals surface area contributed by atoms with Crippen molar-refractivity contribution in [1.29, 1.82) is 0 Å². The van der Waals surface area contributed by atoms with Crippen molar-refractivity contribution in [2.24, 2.45) is 7.05 Å². The molecule has 3 aromatic heterocycles. The molecule has 0 amide bonds. The van der Waals surface area contributed by atoms with Gasteiger partial charge in [0.15, 0.2) is 0 Å². The quantitative estimate of drug-likeness (QED) is 0.625. The van der Waals surface area contributed by atoms with E-state index in [2.05, 4.69) is 32.4 Å². The summed E-state index contributed by atoms with van der Waals surface area (Å²) in [5.41, 5.74) is 4.18. The summed E-state index contributed by atoms with van der Waals surface area (Å²) in [6.07, 6.45) is 3.39. The summed E-state index contributed by atoms with van der Waals surface area (Å²) in [5, 5.41) is 12.0. The van der Waals surface area contributed by atoms with E-state index in [4.69, 9.17) is 0 Å². The summed E-state index contributed by atoms with van der Waals surface area (Å²) in [7, 11) is 1.94. The Bertz CT molecular complexity index is 985. The van der Waals surface area contributed by atoms with E-state index in [1.54, 1.807) is 4.52 Å². The molecule has 1 N–H and O–H groups in total. The van der Waals surface area contributed by atoms with Crippen LogP contribution in [0.5, 0.6) is 0 Å². The van der Waals surface area contributed by atoms with Crippen LogP contribution < -0.4 is 5.32 Å². The molecule has 24 heavy (non-hydrogen) atoms. The van der Waals surface area contributed by atoms with Gasteiger partial charge in [0.25, 0.3) is 5.78 Å². The van der Waals surface area contributed by atoms with Crippen molar-refractivity contribution < 1.29 is 0 Å².